The Morgan fingerprint density at radius 2 is 2.06 bits per heavy atom. The van der Waals surface area contributed by atoms with Gasteiger partial charge in [-0.15, -0.1) is 0 Å². The molecule has 4 heteroatoms. The molecule has 0 unspecified atom stereocenters. The highest BCUT2D eigenvalue weighted by Crippen LogP contribution is 2.29. The normalized spacial score (nSPS) is 23.4. The van der Waals surface area contributed by atoms with Crippen LogP contribution in [0.15, 0.2) is 18.2 Å². The molecule has 0 aliphatic heterocycles. The molecule has 96 valence electrons. The van der Waals surface area contributed by atoms with Crippen molar-refractivity contribution >= 4 is 11.6 Å². The first kappa shape index (κ1) is 13.2. The van der Waals surface area contributed by atoms with Crippen molar-refractivity contribution in [3.63, 3.8) is 0 Å². The lowest BCUT2D eigenvalue weighted by molar-refractivity contribution is 0.104. The zero-order valence-corrected chi connectivity index (χ0v) is 10.9. The van der Waals surface area contributed by atoms with Crippen LogP contribution in [0.5, 0.6) is 5.75 Å². The molecule has 1 aromatic rings. The van der Waals surface area contributed by atoms with Gasteiger partial charge in [-0.2, -0.15) is 5.26 Å². The zero-order valence-electron chi connectivity index (χ0n) is 10.1. The van der Waals surface area contributed by atoms with E-state index in [-0.39, 0.29) is 12.7 Å². The van der Waals surface area contributed by atoms with Gasteiger partial charge < -0.3 is 9.84 Å². The maximum absolute atomic E-state index is 9.08. The smallest absolute Gasteiger partial charge is 0.137 e. The minimum atomic E-state index is 0.140. The number of aliphatic hydroxyl groups is 1. The maximum atomic E-state index is 9.08. The summed E-state index contributed by atoms with van der Waals surface area (Å²) >= 11 is 5.84. The fourth-order valence-electron chi connectivity index (χ4n) is 2.30. The molecule has 1 aromatic carbocycles. The Labute approximate surface area is 112 Å². The van der Waals surface area contributed by atoms with Crippen LogP contribution in [-0.2, 0) is 0 Å². The lowest BCUT2D eigenvalue weighted by atomic mass is 9.88. The van der Waals surface area contributed by atoms with Crippen LogP contribution in [-0.4, -0.2) is 17.8 Å². The van der Waals surface area contributed by atoms with Crippen molar-refractivity contribution < 1.29 is 9.84 Å². The SMILES string of the molecule is N#Cc1cc(Cl)ccc1OC1CCC(CO)CC1. The van der Waals surface area contributed by atoms with Crippen molar-refractivity contribution in [2.24, 2.45) is 5.92 Å². The second-order valence-corrected chi connectivity index (χ2v) is 5.13. The van der Waals surface area contributed by atoms with Crippen molar-refractivity contribution in [2.75, 3.05) is 6.61 Å². The second kappa shape index (κ2) is 6.08. The van der Waals surface area contributed by atoms with Crippen LogP contribution < -0.4 is 4.74 Å². The van der Waals surface area contributed by atoms with Crippen molar-refractivity contribution in [1.82, 2.24) is 0 Å². The fourth-order valence-corrected chi connectivity index (χ4v) is 2.48. The van der Waals surface area contributed by atoms with Crippen molar-refractivity contribution in [3.8, 4) is 11.8 Å². The number of rotatable bonds is 3. The van der Waals surface area contributed by atoms with Gasteiger partial charge in [-0.3, -0.25) is 0 Å². The number of hydrogen-bond donors (Lipinski definition) is 1. The lowest BCUT2D eigenvalue weighted by Crippen LogP contribution is -2.25. The van der Waals surface area contributed by atoms with Gasteiger partial charge in [-0.25, -0.2) is 0 Å². The Morgan fingerprint density at radius 3 is 2.67 bits per heavy atom. The van der Waals surface area contributed by atoms with Gasteiger partial charge in [0.1, 0.15) is 11.8 Å². The Morgan fingerprint density at radius 1 is 1.33 bits per heavy atom. The first-order valence-electron chi connectivity index (χ1n) is 6.20. The van der Waals surface area contributed by atoms with Gasteiger partial charge in [0, 0.05) is 11.6 Å². The summed E-state index contributed by atoms with van der Waals surface area (Å²) in [5.74, 6) is 1.01. The third kappa shape index (κ3) is 3.16. The zero-order chi connectivity index (χ0) is 13.0. The van der Waals surface area contributed by atoms with Gasteiger partial charge in [0.2, 0.25) is 0 Å². The Kier molecular flexibility index (Phi) is 4.46. The molecule has 2 rings (SSSR count). The van der Waals surface area contributed by atoms with Gasteiger partial charge in [-0.05, 0) is 49.8 Å². The van der Waals surface area contributed by atoms with E-state index in [1.165, 1.54) is 0 Å². The van der Waals surface area contributed by atoms with Gasteiger partial charge in [0.25, 0.3) is 0 Å². The summed E-state index contributed by atoms with van der Waals surface area (Å²) in [5, 5.41) is 18.7. The molecule has 1 N–H and O–H groups in total. The van der Waals surface area contributed by atoms with Crippen LogP contribution in [0.4, 0.5) is 0 Å². The Bertz CT molecular complexity index is 448. The number of ether oxygens (including phenoxy) is 1. The minimum Gasteiger partial charge on any atom is -0.489 e. The summed E-state index contributed by atoms with van der Waals surface area (Å²) in [4.78, 5) is 0. The van der Waals surface area contributed by atoms with Crippen molar-refractivity contribution in [1.29, 1.82) is 5.26 Å². The average Bonchev–Trinajstić information content (AvgIpc) is 2.41. The lowest BCUT2D eigenvalue weighted by Gasteiger charge is -2.28. The Balaban J connectivity index is 2.00. The van der Waals surface area contributed by atoms with Crippen LogP contribution in [0.2, 0.25) is 5.02 Å². The molecule has 0 amide bonds. The molecule has 0 atom stereocenters. The van der Waals surface area contributed by atoms with Gasteiger partial charge >= 0.3 is 0 Å². The molecule has 1 aliphatic rings. The summed E-state index contributed by atoms with van der Waals surface area (Å²) in [6, 6.07) is 7.20. The van der Waals surface area contributed by atoms with E-state index in [4.69, 9.17) is 26.7 Å². The first-order valence-corrected chi connectivity index (χ1v) is 6.58. The highest BCUT2D eigenvalue weighted by atomic mass is 35.5. The number of aliphatic hydroxyl groups excluding tert-OH is 1. The largest absolute Gasteiger partial charge is 0.489 e. The predicted molar refractivity (Wildman–Crippen MR) is 69.6 cm³/mol. The number of nitriles is 1. The van der Waals surface area contributed by atoms with Crippen LogP contribution in [0, 0.1) is 17.2 Å². The monoisotopic (exact) mass is 265 g/mol. The van der Waals surface area contributed by atoms with Gasteiger partial charge in [-0.1, -0.05) is 11.6 Å². The average molecular weight is 266 g/mol. The second-order valence-electron chi connectivity index (χ2n) is 4.70. The summed E-state index contributed by atoms with van der Waals surface area (Å²) < 4.78 is 5.86. The molecule has 1 fully saturated rings. The van der Waals surface area contributed by atoms with Crippen molar-refractivity contribution in [2.45, 2.75) is 31.8 Å². The van der Waals surface area contributed by atoms with E-state index in [0.717, 1.165) is 25.7 Å². The maximum Gasteiger partial charge on any atom is 0.137 e. The van der Waals surface area contributed by atoms with Gasteiger partial charge in [0.15, 0.2) is 0 Å². The van der Waals surface area contributed by atoms with E-state index in [9.17, 15) is 0 Å². The van der Waals surface area contributed by atoms with E-state index in [1.807, 2.05) is 0 Å². The molecule has 0 aromatic heterocycles. The quantitative estimate of drug-likeness (QED) is 0.913. The summed E-state index contributed by atoms with van der Waals surface area (Å²) in [5.41, 5.74) is 0.479. The molecule has 0 radical (unpaired) electrons. The first-order chi connectivity index (χ1) is 8.72. The molecule has 1 saturated carbocycles. The highest BCUT2D eigenvalue weighted by Gasteiger charge is 2.22. The van der Waals surface area contributed by atoms with Crippen LogP contribution in [0.3, 0.4) is 0 Å². The highest BCUT2D eigenvalue weighted by molar-refractivity contribution is 6.30. The van der Waals surface area contributed by atoms with E-state index in [2.05, 4.69) is 6.07 Å². The third-order valence-corrected chi connectivity index (χ3v) is 3.64. The third-order valence-electron chi connectivity index (χ3n) is 3.41. The molecule has 0 saturated heterocycles. The number of benzene rings is 1. The van der Waals surface area contributed by atoms with E-state index in [0.29, 0.717) is 22.3 Å². The predicted octanol–water partition coefficient (Wildman–Crippen LogP) is 3.14. The van der Waals surface area contributed by atoms with Crippen LogP contribution in [0.1, 0.15) is 31.2 Å². The summed E-state index contributed by atoms with van der Waals surface area (Å²) in [7, 11) is 0. The van der Waals surface area contributed by atoms with Gasteiger partial charge in [0.05, 0.1) is 11.7 Å². The molecule has 0 heterocycles. The van der Waals surface area contributed by atoms with E-state index < -0.39 is 0 Å². The van der Waals surface area contributed by atoms with Crippen LogP contribution in [0.25, 0.3) is 0 Å². The molecule has 3 nitrogen and oxygen atoms in total. The standard InChI is InChI=1S/C14H16ClNO2/c15-12-3-6-14(11(7-12)8-16)18-13-4-1-10(9-17)2-5-13/h3,6-7,10,13,17H,1-2,4-5,9H2. The molecule has 1 aliphatic carbocycles. The topological polar surface area (TPSA) is 53.2 Å². The molecular weight excluding hydrogens is 250 g/mol. The van der Waals surface area contributed by atoms with E-state index >= 15 is 0 Å². The number of nitrogens with zero attached hydrogens (tertiary/aromatic N) is 1. The number of halogens is 1. The van der Waals surface area contributed by atoms with Crippen LogP contribution >= 0.6 is 11.6 Å². The minimum absolute atomic E-state index is 0.140. The molecule has 18 heavy (non-hydrogen) atoms. The number of hydrogen-bond acceptors (Lipinski definition) is 3. The Hall–Kier alpha value is -1.24. The summed E-state index contributed by atoms with van der Waals surface area (Å²) in [6.07, 6.45) is 3.96. The van der Waals surface area contributed by atoms with Crippen molar-refractivity contribution in [3.05, 3.63) is 28.8 Å². The fraction of sp³-hybridized carbons (Fsp3) is 0.500. The molecular formula is C14H16ClNO2. The summed E-state index contributed by atoms with van der Waals surface area (Å²) in [6.45, 7) is 0.261. The molecule has 0 spiro atoms. The van der Waals surface area contributed by atoms with E-state index in [1.54, 1.807) is 18.2 Å². The molecule has 0 bridgehead atoms.